The Hall–Kier alpha value is -1.75. The Balaban J connectivity index is 2.27. The fourth-order valence-corrected chi connectivity index (χ4v) is 6.83. The Labute approximate surface area is 186 Å². The van der Waals surface area contributed by atoms with Crippen molar-refractivity contribution >= 4 is 17.3 Å². The lowest BCUT2D eigenvalue weighted by atomic mass is 9.62. The van der Waals surface area contributed by atoms with Gasteiger partial charge in [-0.1, -0.05) is 39.3 Å². The van der Waals surface area contributed by atoms with Gasteiger partial charge < -0.3 is 10.2 Å². The van der Waals surface area contributed by atoms with Crippen LogP contribution in [0.15, 0.2) is 23.0 Å². The number of aliphatic hydroxyl groups is 2. The van der Waals surface area contributed by atoms with E-state index in [4.69, 9.17) is 0 Å². The van der Waals surface area contributed by atoms with E-state index in [1.165, 1.54) is 0 Å². The molecule has 0 aromatic carbocycles. The van der Waals surface area contributed by atoms with Crippen molar-refractivity contribution in [1.82, 2.24) is 0 Å². The molecule has 0 heterocycles. The van der Waals surface area contributed by atoms with Crippen molar-refractivity contribution in [2.75, 3.05) is 0 Å². The van der Waals surface area contributed by atoms with Crippen LogP contribution in [-0.4, -0.2) is 33.2 Å². The minimum absolute atomic E-state index is 0.0297. The smallest absolute Gasteiger partial charge is 0.183 e. The van der Waals surface area contributed by atoms with Gasteiger partial charge in [-0.25, -0.2) is 0 Å². The highest BCUT2D eigenvalue weighted by molar-refractivity contribution is 6.32. The maximum absolute atomic E-state index is 14.1. The highest BCUT2D eigenvalue weighted by atomic mass is 16.3. The number of hydrogen-bond donors (Lipinski definition) is 2. The highest BCUT2D eigenvalue weighted by Crippen LogP contribution is 2.73. The quantitative estimate of drug-likeness (QED) is 0.361. The highest BCUT2D eigenvalue weighted by Gasteiger charge is 2.78. The standard InChI is InChI=1S/C26H38O5/c1-14(2)9-10-25-12-18-23(5,6)17(24(7,8)31)13-26(18,22(25)30)21(29)19(20(25)28)16(27)11-15(3)4/h9,15,17-18,28,31H,10-13H2,1-8H3/t17-,18+,25?,26-/m0/s1. The van der Waals surface area contributed by atoms with Gasteiger partial charge in [-0.05, 0) is 70.1 Å². The summed E-state index contributed by atoms with van der Waals surface area (Å²) in [6.45, 7) is 15.1. The summed E-state index contributed by atoms with van der Waals surface area (Å²) >= 11 is 0. The molecule has 2 fully saturated rings. The van der Waals surface area contributed by atoms with Crippen LogP contribution in [0.4, 0.5) is 0 Å². The summed E-state index contributed by atoms with van der Waals surface area (Å²) < 4.78 is 0. The van der Waals surface area contributed by atoms with Gasteiger partial charge in [-0.3, -0.25) is 14.4 Å². The fourth-order valence-electron chi connectivity index (χ4n) is 6.83. The Morgan fingerprint density at radius 2 is 1.77 bits per heavy atom. The predicted octanol–water partition coefficient (Wildman–Crippen LogP) is 4.73. The third kappa shape index (κ3) is 3.18. The Bertz CT molecular complexity index is 893. The second-order valence-corrected chi connectivity index (χ2v) is 11.9. The number of hydrogen-bond acceptors (Lipinski definition) is 5. The molecule has 0 aromatic heterocycles. The van der Waals surface area contributed by atoms with Crippen molar-refractivity contribution in [1.29, 1.82) is 0 Å². The summed E-state index contributed by atoms with van der Waals surface area (Å²) in [6.07, 6.45) is 2.90. The summed E-state index contributed by atoms with van der Waals surface area (Å²) in [5.41, 5.74) is -3.31. The molecule has 0 aliphatic heterocycles. The van der Waals surface area contributed by atoms with E-state index in [1.54, 1.807) is 13.8 Å². The predicted molar refractivity (Wildman–Crippen MR) is 119 cm³/mol. The number of carbonyl (C=O) groups excluding carboxylic acids is 3. The van der Waals surface area contributed by atoms with Gasteiger partial charge in [0, 0.05) is 6.42 Å². The van der Waals surface area contributed by atoms with Gasteiger partial charge in [0.2, 0.25) is 0 Å². The van der Waals surface area contributed by atoms with E-state index in [1.807, 2.05) is 47.6 Å². The van der Waals surface area contributed by atoms with Gasteiger partial charge >= 0.3 is 0 Å². The van der Waals surface area contributed by atoms with Crippen LogP contribution >= 0.6 is 0 Å². The molecule has 2 bridgehead atoms. The van der Waals surface area contributed by atoms with Crippen LogP contribution in [0.3, 0.4) is 0 Å². The summed E-state index contributed by atoms with van der Waals surface area (Å²) in [5, 5.41) is 22.2. The second kappa shape index (κ2) is 7.13. The first-order chi connectivity index (χ1) is 14.0. The van der Waals surface area contributed by atoms with Gasteiger partial charge in [0.1, 0.15) is 11.3 Å². The molecule has 2 N–H and O–H groups in total. The van der Waals surface area contributed by atoms with E-state index in [-0.39, 0.29) is 59.9 Å². The lowest BCUT2D eigenvalue weighted by Gasteiger charge is -2.41. The summed E-state index contributed by atoms with van der Waals surface area (Å²) in [4.78, 5) is 41.1. The molecule has 5 nitrogen and oxygen atoms in total. The number of ketones is 3. The number of fused-ring (bicyclic) bond motifs is 1. The molecule has 0 aromatic rings. The van der Waals surface area contributed by atoms with Crippen molar-refractivity contribution in [2.24, 2.45) is 34.0 Å². The molecular formula is C26H38O5. The maximum atomic E-state index is 14.1. The van der Waals surface area contributed by atoms with Crippen LogP contribution in [0.2, 0.25) is 0 Å². The van der Waals surface area contributed by atoms with Crippen LogP contribution in [-0.2, 0) is 14.4 Å². The number of rotatable bonds is 6. The summed E-state index contributed by atoms with van der Waals surface area (Å²) in [7, 11) is 0. The minimum Gasteiger partial charge on any atom is -0.510 e. The molecule has 3 aliphatic carbocycles. The first kappa shape index (κ1) is 23.9. The lowest BCUT2D eigenvalue weighted by Crippen LogP contribution is -2.50. The molecule has 1 unspecified atom stereocenters. The van der Waals surface area contributed by atoms with Crippen LogP contribution in [0.1, 0.15) is 81.1 Å². The Kier molecular flexibility index (Phi) is 5.50. The number of aliphatic hydroxyl groups excluding tert-OH is 1. The molecule has 4 atom stereocenters. The molecule has 0 radical (unpaired) electrons. The molecule has 31 heavy (non-hydrogen) atoms. The summed E-state index contributed by atoms with van der Waals surface area (Å²) in [6, 6.07) is 0. The van der Waals surface area contributed by atoms with Crippen LogP contribution in [0.5, 0.6) is 0 Å². The third-order valence-electron chi connectivity index (χ3n) is 8.22. The molecule has 0 saturated heterocycles. The summed E-state index contributed by atoms with van der Waals surface area (Å²) in [5.74, 6) is -2.06. The second-order valence-electron chi connectivity index (χ2n) is 11.9. The van der Waals surface area contributed by atoms with E-state index in [2.05, 4.69) is 0 Å². The Morgan fingerprint density at radius 3 is 2.26 bits per heavy atom. The first-order valence-corrected chi connectivity index (χ1v) is 11.5. The van der Waals surface area contributed by atoms with E-state index in [9.17, 15) is 24.6 Å². The zero-order chi connectivity index (χ0) is 23.7. The van der Waals surface area contributed by atoms with E-state index in [0.717, 1.165) is 5.57 Å². The van der Waals surface area contributed by atoms with E-state index >= 15 is 0 Å². The first-order valence-electron chi connectivity index (χ1n) is 11.5. The van der Waals surface area contributed by atoms with Crippen LogP contribution < -0.4 is 0 Å². The zero-order valence-electron chi connectivity index (χ0n) is 20.3. The van der Waals surface area contributed by atoms with Crippen molar-refractivity contribution in [3.05, 3.63) is 23.0 Å². The van der Waals surface area contributed by atoms with Gasteiger partial charge in [0.25, 0.3) is 0 Å². The SMILES string of the molecule is CC(C)=CCC12C[C@@H]3C(C)(C)[C@@H](C(C)(C)O)C[C@]3(C(=O)C(C(=O)CC(C)C)=C1O)C2=O. The van der Waals surface area contributed by atoms with E-state index in [0.29, 0.717) is 6.42 Å². The normalized spacial score (nSPS) is 34.4. The topological polar surface area (TPSA) is 91.7 Å². The molecule has 2 saturated carbocycles. The monoisotopic (exact) mass is 430 g/mol. The fraction of sp³-hybridized carbons (Fsp3) is 0.731. The molecule has 0 amide bonds. The number of carbonyl (C=O) groups is 3. The van der Waals surface area contributed by atoms with Crippen molar-refractivity contribution in [3.63, 3.8) is 0 Å². The minimum atomic E-state index is -1.35. The molecule has 1 spiro atoms. The largest absolute Gasteiger partial charge is 0.510 e. The average Bonchev–Trinajstić information content (AvgIpc) is 2.97. The van der Waals surface area contributed by atoms with Gasteiger partial charge in [-0.15, -0.1) is 0 Å². The zero-order valence-corrected chi connectivity index (χ0v) is 20.3. The number of Topliss-reactive ketones (excluding diaryl/α,β-unsaturated/α-hetero) is 3. The maximum Gasteiger partial charge on any atom is 0.183 e. The van der Waals surface area contributed by atoms with Crippen molar-refractivity contribution in [3.8, 4) is 0 Å². The van der Waals surface area contributed by atoms with E-state index < -0.39 is 27.6 Å². The van der Waals surface area contributed by atoms with Crippen LogP contribution in [0.25, 0.3) is 0 Å². The molecule has 3 aliphatic rings. The molecule has 172 valence electrons. The van der Waals surface area contributed by atoms with Gasteiger partial charge in [0.05, 0.1) is 16.4 Å². The molecular weight excluding hydrogens is 392 g/mol. The van der Waals surface area contributed by atoms with Crippen molar-refractivity contribution < 1.29 is 24.6 Å². The lowest BCUT2D eigenvalue weighted by molar-refractivity contribution is -0.145. The molecule has 5 heteroatoms. The van der Waals surface area contributed by atoms with Gasteiger partial charge in [0.15, 0.2) is 17.3 Å². The third-order valence-corrected chi connectivity index (χ3v) is 8.22. The molecule has 3 rings (SSSR count). The van der Waals surface area contributed by atoms with Gasteiger partial charge in [-0.2, -0.15) is 0 Å². The van der Waals surface area contributed by atoms with Crippen LogP contribution in [0, 0.1) is 34.0 Å². The average molecular weight is 431 g/mol. The Morgan fingerprint density at radius 1 is 1.19 bits per heavy atom. The number of allylic oxidation sites excluding steroid dienone is 4. The van der Waals surface area contributed by atoms with Crippen molar-refractivity contribution in [2.45, 2.75) is 86.7 Å².